The molecule has 2 aliphatic heterocycles. The topological polar surface area (TPSA) is 52.6 Å². The summed E-state index contributed by atoms with van der Waals surface area (Å²) in [6, 6.07) is 0. The molecule has 0 aromatic rings. The number of cyclic esters (lactones) is 2. The van der Waals surface area contributed by atoms with Crippen LogP contribution in [0.15, 0.2) is 0 Å². The van der Waals surface area contributed by atoms with Crippen molar-refractivity contribution in [2.75, 3.05) is 13.2 Å². The van der Waals surface area contributed by atoms with E-state index >= 15 is 0 Å². The molecule has 2 fully saturated rings. The molecular weight excluding hydrogens is 160 g/mol. The van der Waals surface area contributed by atoms with Gasteiger partial charge in [0.2, 0.25) is 0 Å². The lowest BCUT2D eigenvalue weighted by molar-refractivity contribution is -0.158. The van der Waals surface area contributed by atoms with Gasteiger partial charge < -0.3 is 9.47 Å². The lowest BCUT2D eigenvalue weighted by atomic mass is 9.81. The van der Waals surface area contributed by atoms with Crippen LogP contribution in [-0.2, 0) is 19.1 Å². The second-order valence-corrected chi connectivity index (χ2v) is 3.37. The summed E-state index contributed by atoms with van der Waals surface area (Å²) in [6.45, 7) is 1.03. The van der Waals surface area contributed by atoms with Crippen molar-refractivity contribution in [3.8, 4) is 0 Å². The van der Waals surface area contributed by atoms with Gasteiger partial charge in [-0.1, -0.05) is 0 Å². The second-order valence-electron chi connectivity index (χ2n) is 3.37. The van der Waals surface area contributed by atoms with Crippen molar-refractivity contribution < 1.29 is 19.1 Å². The van der Waals surface area contributed by atoms with Gasteiger partial charge >= 0.3 is 11.9 Å². The normalized spacial score (nSPS) is 35.7. The fourth-order valence-electron chi connectivity index (χ4n) is 1.75. The Hall–Kier alpha value is -0.900. The number of hydrogen-bond acceptors (Lipinski definition) is 4. The SMILES string of the molecule is O=C1CC2(CCCOC2)C(=O)O1. The highest BCUT2D eigenvalue weighted by Gasteiger charge is 2.50. The van der Waals surface area contributed by atoms with Gasteiger partial charge in [-0.2, -0.15) is 0 Å². The molecule has 66 valence electrons. The number of hydrogen-bond donors (Lipinski definition) is 0. The molecule has 2 heterocycles. The van der Waals surface area contributed by atoms with Gasteiger partial charge in [-0.15, -0.1) is 0 Å². The van der Waals surface area contributed by atoms with E-state index < -0.39 is 17.4 Å². The Morgan fingerprint density at radius 1 is 1.33 bits per heavy atom. The molecule has 1 unspecified atom stereocenters. The lowest BCUT2D eigenvalue weighted by Crippen LogP contribution is -2.35. The summed E-state index contributed by atoms with van der Waals surface area (Å²) in [7, 11) is 0. The predicted molar refractivity (Wildman–Crippen MR) is 38.2 cm³/mol. The molecule has 2 aliphatic rings. The fraction of sp³-hybridized carbons (Fsp3) is 0.750. The van der Waals surface area contributed by atoms with Gasteiger partial charge in [0, 0.05) is 6.61 Å². The molecule has 0 radical (unpaired) electrons. The number of carbonyl (C=O) groups excluding carboxylic acids is 2. The highest BCUT2D eigenvalue weighted by Crippen LogP contribution is 2.38. The van der Waals surface area contributed by atoms with Crippen molar-refractivity contribution in [1.29, 1.82) is 0 Å². The van der Waals surface area contributed by atoms with Crippen LogP contribution in [0.5, 0.6) is 0 Å². The van der Waals surface area contributed by atoms with Gasteiger partial charge in [0.05, 0.1) is 13.0 Å². The summed E-state index contributed by atoms with van der Waals surface area (Å²) < 4.78 is 9.67. The third-order valence-electron chi connectivity index (χ3n) is 2.44. The van der Waals surface area contributed by atoms with Crippen molar-refractivity contribution in [2.24, 2.45) is 5.41 Å². The van der Waals surface area contributed by atoms with E-state index in [-0.39, 0.29) is 6.42 Å². The summed E-state index contributed by atoms with van der Waals surface area (Å²) in [5.74, 6) is -0.808. The van der Waals surface area contributed by atoms with Crippen molar-refractivity contribution in [3.63, 3.8) is 0 Å². The van der Waals surface area contributed by atoms with E-state index in [4.69, 9.17) is 4.74 Å². The quantitative estimate of drug-likeness (QED) is 0.386. The molecule has 1 spiro atoms. The molecule has 0 bridgehead atoms. The van der Waals surface area contributed by atoms with E-state index in [1.807, 2.05) is 0 Å². The number of esters is 2. The van der Waals surface area contributed by atoms with Gasteiger partial charge in [-0.05, 0) is 12.8 Å². The smallest absolute Gasteiger partial charge is 0.322 e. The lowest BCUT2D eigenvalue weighted by Gasteiger charge is -2.27. The van der Waals surface area contributed by atoms with E-state index in [0.29, 0.717) is 13.2 Å². The molecule has 12 heavy (non-hydrogen) atoms. The van der Waals surface area contributed by atoms with Gasteiger partial charge in [0.1, 0.15) is 5.41 Å². The Labute approximate surface area is 69.8 Å². The third-order valence-corrected chi connectivity index (χ3v) is 2.44. The minimum absolute atomic E-state index is 0.200. The maximum Gasteiger partial charge on any atom is 0.322 e. The van der Waals surface area contributed by atoms with Crippen molar-refractivity contribution in [2.45, 2.75) is 19.3 Å². The third kappa shape index (κ3) is 1.03. The highest BCUT2D eigenvalue weighted by atomic mass is 16.6. The Morgan fingerprint density at radius 2 is 2.17 bits per heavy atom. The summed E-state index contributed by atoms with van der Waals surface area (Å²) in [5.41, 5.74) is -0.630. The maximum atomic E-state index is 11.2. The summed E-state index contributed by atoms with van der Waals surface area (Å²) in [4.78, 5) is 22.1. The first-order chi connectivity index (χ1) is 5.73. The molecule has 4 heteroatoms. The first-order valence-electron chi connectivity index (χ1n) is 4.06. The molecule has 0 N–H and O–H groups in total. The summed E-state index contributed by atoms with van der Waals surface area (Å²) in [6.07, 6.45) is 1.76. The minimum Gasteiger partial charge on any atom is -0.393 e. The van der Waals surface area contributed by atoms with Gasteiger partial charge in [-0.25, -0.2) is 0 Å². The van der Waals surface area contributed by atoms with Crippen LogP contribution in [0.25, 0.3) is 0 Å². The number of rotatable bonds is 0. The molecule has 0 aromatic heterocycles. The zero-order valence-corrected chi connectivity index (χ0v) is 6.67. The van der Waals surface area contributed by atoms with E-state index in [1.165, 1.54) is 0 Å². The number of ether oxygens (including phenoxy) is 2. The Kier molecular flexibility index (Phi) is 1.65. The van der Waals surface area contributed by atoms with E-state index in [2.05, 4.69) is 4.74 Å². The van der Waals surface area contributed by atoms with Crippen LogP contribution >= 0.6 is 0 Å². The first kappa shape index (κ1) is 7.73. The largest absolute Gasteiger partial charge is 0.393 e. The summed E-state index contributed by atoms with van der Waals surface area (Å²) >= 11 is 0. The van der Waals surface area contributed by atoms with Crippen LogP contribution in [0.1, 0.15) is 19.3 Å². The van der Waals surface area contributed by atoms with Crippen LogP contribution in [0.4, 0.5) is 0 Å². The van der Waals surface area contributed by atoms with Gasteiger partial charge in [0.15, 0.2) is 0 Å². The van der Waals surface area contributed by atoms with Crippen LogP contribution in [0, 0.1) is 5.41 Å². The standard InChI is InChI=1S/C8H10O4/c9-6-4-8(7(10)12-6)2-1-3-11-5-8/h1-5H2. The monoisotopic (exact) mass is 170 g/mol. The Morgan fingerprint density at radius 3 is 2.67 bits per heavy atom. The Balaban J connectivity index is 2.18. The fourth-order valence-corrected chi connectivity index (χ4v) is 1.75. The van der Waals surface area contributed by atoms with Gasteiger partial charge in [0.25, 0.3) is 0 Å². The molecule has 0 saturated carbocycles. The van der Waals surface area contributed by atoms with Crippen molar-refractivity contribution in [1.82, 2.24) is 0 Å². The van der Waals surface area contributed by atoms with Gasteiger partial charge in [-0.3, -0.25) is 9.59 Å². The summed E-state index contributed by atoms with van der Waals surface area (Å²) in [5, 5.41) is 0. The molecule has 1 atom stereocenters. The van der Waals surface area contributed by atoms with E-state index in [1.54, 1.807) is 0 Å². The zero-order valence-electron chi connectivity index (χ0n) is 6.67. The average molecular weight is 170 g/mol. The predicted octanol–water partition coefficient (Wildman–Crippen LogP) is 0.257. The van der Waals surface area contributed by atoms with Crippen LogP contribution < -0.4 is 0 Å². The second kappa shape index (κ2) is 2.55. The molecular formula is C8H10O4. The molecule has 0 aliphatic carbocycles. The molecule has 0 aromatic carbocycles. The van der Waals surface area contributed by atoms with E-state index in [0.717, 1.165) is 12.8 Å². The van der Waals surface area contributed by atoms with Crippen molar-refractivity contribution in [3.05, 3.63) is 0 Å². The highest BCUT2D eigenvalue weighted by molar-refractivity contribution is 5.97. The van der Waals surface area contributed by atoms with E-state index in [9.17, 15) is 9.59 Å². The minimum atomic E-state index is -0.630. The van der Waals surface area contributed by atoms with Crippen LogP contribution in [-0.4, -0.2) is 25.2 Å². The molecule has 0 amide bonds. The van der Waals surface area contributed by atoms with Crippen LogP contribution in [0.3, 0.4) is 0 Å². The van der Waals surface area contributed by atoms with Crippen LogP contribution in [0.2, 0.25) is 0 Å². The first-order valence-corrected chi connectivity index (χ1v) is 4.06. The Bertz CT molecular complexity index is 227. The molecule has 2 rings (SSSR count). The zero-order chi connectivity index (χ0) is 8.60. The molecule has 2 saturated heterocycles. The number of carbonyl (C=O) groups is 2. The van der Waals surface area contributed by atoms with Crippen molar-refractivity contribution >= 4 is 11.9 Å². The molecule has 4 nitrogen and oxygen atoms in total. The maximum absolute atomic E-state index is 11.2. The average Bonchev–Trinajstić information content (AvgIpc) is 2.29.